The topological polar surface area (TPSA) is 3.24 Å². The van der Waals surface area contributed by atoms with Crippen molar-refractivity contribution in [2.75, 3.05) is 7.05 Å². The Kier molecular flexibility index (Phi) is 3.23. The lowest BCUT2D eigenvalue weighted by molar-refractivity contribution is 0.0170. The summed E-state index contributed by atoms with van der Waals surface area (Å²) in [5.74, 6) is 0. The molecule has 1 rings (SSSR count). The predicted molar refractivity (Wildman–Crippen MR) is 48.5 cm³/mol. The van der Waals surface area contributed by atoms with Gasteiger partial charge in [-0.2, -0.15) is 0 Å². The highest BCUT2D eigenvalue weighted by Gasteiger charge is 2.07. The summed E-state index contributed by atoms with van der Waals surface area (Å²) in [7, 11) is 1.45. The fraction of sp³-hybridized carbons (Fsp3) is 0.400. The van der Waals surface area contributed by atoms with Crippen molar-refractivity contribution in [2.45, 2.75) is 19.4 Å². The highest BCUT2D eigenvalue weighted by atomic mass is 19.2. The van der Waals surface area contributed by atoms with Gasteiger partial charge in [-0.3, -0.25) is 0 Å². The van der Waals surface area contributed by atoms with Gasteiger partial charge in [0.05, 0.1) is 0 Å². The molecule has 66 valence electrons. The zero-order valence-corrected chi connectivity index (χ0v) is 7.50. The lowest BCUT2D eigenvalue weighted by Gasteiger charge is -2.14. The van der Waals surface area contributed by atoms with Gasteiger partial charge in [0.15, 0.2) is 0 Å². The van der Waals surface area contributed by atoms with Gasteiger partial charge >= 0.3 is 0 Å². The summed E-state index contributed by atoms with van der Waals surface area (Å²) >= 11 is 0. The van der Waals surface area contributed by atoms with E-state index in [9.17, 15) is 4.48 Å². The summed E-state index contributed by atoms with van der Waals surface area (Å²) < 4.78 is 12.6. The molecule has 0 radical (unpaired) electrons. The average molecular weight is 167 g/mol. The van der Waals surface area contributed by atoms with Crippen molar-refractivity contribution in [2.24, 2.45) is 0 Å². The van der Waals surface area contributed by atoms with Crippen LogP contribution in [0.2, 0.25) is 0 Å². The van der Waals surface area contributed by atoms with Crippen molar-refractivity contribution in [3.8, 4) is 0 Å². The number of likely N-dealkylation sites (N-methyl/N-ethyl adjacent to an activating group) is 1. The minimum absolute atomic E-state index is 0.0487. The van der Waals surface area contributed by atoms with Crippen LogP contribution < -0.4 is 0 Å². The van der Waals surface area contributed by atoms with E-state index in [1.54, 1.807) is 0 Å². The summed E-state index contributed by atoms with van der Waals surface area (Å²) in [5.41, 5.74) is 1.18. The van der Waals surface area contributed by atoms with Crippen molar-refractivity contribution in [1.29, 1.82) is 0 Å². The molecule has 2 heteroatoms. The maximum Gasteiger partial charge on any atom is 0.0411 e. The van der Waals surface area contributed by atoms with Gasteiger partial charge in [0, 0.05) is 13.1 Å². The molecule has 0 saturated heterocycles. The number of hydrogen-bond donors (Lipinski definition) is 0. The van der Waals surface area contributed by atoms with Crippen LogP contribution in [0.15, 0.2) is 30.3 Å². The van der Waals surface area contributed by atoms with Crippen molar-refractivity contribution >= 4 is 0 Å². The van der Waals surface area contributed by atoms with E-state index < -0.39 is 0 Å². The van der Waals surface area contributed by atoms with Crippen molar-refractivity contribution in [3.05, 3.63) is 35.9 Å². The third kappa shape index (κ3) is 2.62. The van der Waals surface area contributed by atoms with Crippen molar-refractivity contribution < 1.29 is 4.48 Å². The Hall–Kier alpha value is -0.890. The number of nitrogens with zero attached hydrogens (tertiary/aromatic N) is 1. The maximum absolute atomic E-state index is 12.6. The highest BCUT2D eigenvalue weighted by Crippen LogP contribution is 2.06. The first-order chi connectivity index (χ1) is 5.70. The lowest BCUT2D eigenvalue weighted by Crippen LogP contribution is -2.22. The molecule has 0 spiro atoms. The zero-order valence-electron chi connectivity index (χ0n) is 7.50. The molecular weight excluding hydrogens is 153 g/mol. The second-order valence-electron chi connectivity index (χ2n) is 3.06. The first-order valence-electron chi connectivity index (χ1n) is 4.12. The van der Waals surface area contributed by atoms with E-state index in [4.69, 9.17) is 0 Å². The standard InChI is InChI=1S/C10H14FN/c1-9(12(2)11)8-10-6-4-3-5-7-10/h3-7,9H,8H2,1-2H3/t9-/m0/s1. The van der Waals surface area contributed by atoms with Crippen LogP contribution in [0.5, 0.6) is 0 Å². The molecule has 1 aromatic rings. The van der Waals surface area contributed by atoms with Gasteiger partial charge in [-0.05, 0) is 18.9 Å². The van der Waals surface area contributed by atoms with Gasteiger partial charge in [0.25, 0.3) is 0 Å². The predicted octanol–water partition coefficient (Wildman–Crippen LogP) is 2.43. The van der Waals surface area contributed by atoms with Crippen LogP contribution in [0, 0.1) is 0 Å². The summed E-state index contributed by atoms with van der Waals surface area (Å²) in [6.07, 6.45) is 0.758. The number of rotatable bonds is 3. The van der Waals surface area contributed by atoms with Crippen LogP contribution in [0.1, 0.15) is 12.5 Å². The second kappa shape index (κ2) is 4.21. The maximum atomic E-state index is 12.6. The molecule has 12 heavy (non-hydrogen) atoms. The molecule has 0 aliphatic heterocycles. The molecule has 1 nitrogen and oxygen atoms in total. The van der Waals surface area contributed by atoms with Gasteiger partial charge in [0.1, 0.15) is 0 Å². The van der Waals surface area contributed by atoms with Crippen LogP contribution in [0.4, 0.5) is 4.48 Å². The third-order valence-corrected chi connectivity index (χ3v) is 1.98. The number of hydrogen-bond acceptors (Lipinski definition) is 1. The molecule has 0 aliphatic carbocycles. The molecule has 1 aromatic carbocycles. The number of benzene rings is 1. The Bertz CT molecular complexity index is 221. The van der Waals surface area contributed by atoms with E-state index in [1.165, 1.54) is 12.6 Å². The van der Waals surface area contributed by atoms with Gasteiger partial charge in [-0.1, -0.05) is 30.3 Å². The molecule has 0 unspecified atom stereocenters. The van der Waals surface area contributed by atoms with E-state index in [-0.39, 0.29) is 6.04 Å². The van der Waals surface area contributed by atoms with Crippen LogP contribution in [0.25, 0.3) is 0 Å². The Balaban J connectivity index is 2.53. The van der Waals surface area contributed by atoms with E-state index in [0.717, 1.165) is 11.5 Å². The fourth-order valence-electron chi connectivity index (χ4n) is 1.08. The van der Waals surface area contributed by atoms with E-state index in [2.05, 4.69) is 0 Å². The van der Waals surface area contributed by atoms with Gasteiger partial charge in [-0.15, -0.1) is 9.60 Å². The first-order valence-corrected chi connectivity index (χ1v) is 4.12. The molecule has 0 amide bonds. The van der Waals surface area contributed by atoms with Crippen LogP contribution in [-0.2, 0) is 6.42 Å². The van der Waals surface area contributed by atoms with E-state index in [1.807, 2.05) is 37.3 Å². The summed E-state index contributed by atoms with van der Waals surface area (Å²) in [5, 5.41) is 0.743. The largest absolute Gasteiger partial charge is 0.146 e. The zero-order chi connectivity index (χ0) is 8.97. The minimum atomic E-state index is -0.0487. The third-order valence-electron chi connectivity index (χ3n) is 1.98. The lowest BCUT2D eigenvalue weighted by atomic mass is 10.1. The molecule has 1 atom stereocenters. The number of halogens is 1. The van der Waals surface area contributed by atoms with E-state index in [0.29, 0.717) is 0 Å². The van der Waals surface area contributed by atoms with Crippen LogP contribution in [0.3, 0.4) is 0 Å². The second-order valence-corrected chi connectivity index (χ2v) is 3.06. The van der Waals surface area contributed by atoms with Gasteiger partial charge in [-0.25, -0.2) is 0 Å². The molecule has 0 fully saturated rings. The molecule has 0 saturated carbocycles. The Morgan fingerprint density at radius 3 is 2.42 bits per heavy atom. The molecule has 0 N–H and O–H groups in total. The minimum Gasteiger partial charge on any atom is -0.146 e. The molecular formula is C10H14FN. The highest BCUT2D eigenvalue weighted by molar-refractivity contribution is 5.15. The van der Waals surface area contributed by atoms with Gasteiger partial charge < -0.3 is 0 Å². The fourth-order valence-corrected chi connectivity index (χ4v) is 1.08. The first kappa shape index (κ1) is 9.20. The molecule has 0 bridgehead atoms. The van der Waals surface area contributed by atoms with Crippen molar-refractivity contribution in [1.82, 2.24) is 5.12 Å². The molecule has 0 aliphatic rings. The smallest absolute Gasteiger partial charge is 0.0411 e. The summed E-state index contributed by atoms with van der Waals surface area (Å²) in [6.45, 7) is 1.87. The summed E-state index contributed by atoms with van der Waals surface area (Å²) in [6, 6.07) is 9.89. The van der Waals surface area contributed by atoms with Crippen molar-refractivity contribution in [3.63, 3.8) is 0 Å². The Morgan fingerprint density at radius 1 is 1.33 bits per heavy atom. The SMILES string of the molecule is C[C@@H](Cc1ccccc1)N(C)F. The Morgan fingerprint density at radius 2 is 1.92 bits per heavy atom. The van der Waals surface area contributed by atoms with E-state index >= 15 is 0 Å². The molecule has 0 heterocycles. The quantitative estimate of drug-likeness (QED) is 0.625. The normalized spacial score (nSPS) is 13.3. The average Bonchev–Trinajstić information content (AvgIpc) is 2.06. The van der Waals surface area contributed by atoms with Crippen LogP contribution in [-0.4, -0.2) is 18.2 Å². The molecule has 0 aromatic heterocycles. The van der Waals surface area contributed by atoms with Gasteiger partial charge in [0.2, 0.25) is 0 Å². The summed E-state index contributed by atoms with van der Waals surface area (Å²) in [4.78, 5) is 0. The van der Waals surface area contributed by atoms with Crippen LogP contribution >= 0.6 is 0 Å². The Labute approximate surface area is 72.8 Å². The monoisotopic (exact) mass is 167 g/mol.